The molecule has 0 unspecified atom stereocenters. The molecule has 212 valence electrons. The molecule has 0 N–H and O–H groups in total. The number of rotatable bonds is 9. The fraction of sp³-hybridized carbons (Fsp3) is 0.375. The van der Waals surface area contributed by atoms with E-state index in [0.717, 1.165) is 56.6 Å². The minimum Gasteiger partial charge on any atom is -0.467 e. The first-order valence-corrected chi connectivity index (χ1v) is 15.4. The largest absolute Gasteiger partial charge is 0.467 e. The molecule has 2 aromatic heterocycles. The highest BCUT2D eigenvalue weighted by atomic mass is 32.2. The first kappa shape index (κ1) is 28.9. The maximum absolute atomic E-state index is 13.6. The molecular weight excluding hydrogens is 553 g/mol. The van der Waals surface area contributed by atoms with Crippen molar-refractivity contribution in [3.63, 3.8) is 0 Å². The third-order valence-electron chi connectivity index (χ3n) is 7.91. The number of benzene rings is 1. The van der Waals surface area contributed by atoms with E-state index in [1.165, 1.54) is 22.2 Å². The lowest BCUT2D eigenvalue weighted by molar-refractivity contribution is -0.122. The molecule has 2 aliphatic rings. The zero-order valence-electron chi connectivity index (χ0n) is 23.5. The van der Waals surface area contributed by atoms with Crippen LogP contribution in [0.2, 0.25) is 0 Å². The monoisotopic (exact) mass is 586 g/mol. The van der Waals surface area contributed by atoms with Gasteiger partial charge in [-0.15, -0.1) is 0 Å². The molecule has 41 heavy (non-hydrogen) atoms. The van der Waals surface area contributed by atoms with E-state index in [2.05, 4.69) is 42.2 Å². The average Bonchev–Trinajstić information content (AvgIpc) is 3.59. The van der Waals surface area contributed by atoms with Crippen molar-refractivity contribution < 1.29 is 9.21 Å². The summed E-state index contributed by atoms with van der Waals surface area (Å²) in [4.78, 5) is 31.4. The number of pyridine rings is 1. The average molecular weight is 587 g/mol. The van der Waals surface area contributed by atoms with Crippen LogP contribution in [-0.2, 0) is 24.3 Å². The van der Waals surface area contributed by atoms with Crippen molar-refractivity contribution in [2.45, 2.75) is 59.0 Å². The maximum atomic E-state index is 13.6. The Morgan fingerprint density at radius 3 is 2.56 bits per heavy atom. The Morgan fingerprint density at radius 2 is 1.90 bits per heavy atom. The topological polar surface area (TPSA) is 82.5 Å². The molecule has 0 spiro atoms. The van der Waals surface area contributed by atoms with Gasteiger partial charge in [-0.1, -0.05) is 67.7 Å². The molecular formula is C32H34N4O3S2. The van der Waals surface area contributed by atoms with E-state index in [1.54, 1.807) is 16.9 Å². The Bertz CT molecular complexity index is 1550. The van der Waals surface area contributed by atoms with Crippen molar-refractivity contribution in [2.75, 3.05) is 18.0 Å². The summed E-state index contributed by atoms with van der Waals surface area (Å²) in [5.41, 5.74) is 2.56. The summed E-state index contributed by atoms with van der Waals surface area (Å²) in [6.45, 7) is 6.28. The molecule has 0 saturated carbocycles. The molecule has 3 aromatic rings. The molecule has 2 fully saturated rings. The van der Waals surface area contributed by atoms with Gasteiger partial charge in [0.1, 0.15) is 27.5 Å². The van der Waals surface area contributed by atoms with Gasteiger partial charge in [0.15, 0.2) is 0 Å². The lowest BCUT2D eigenvalue weighted by Crippen LogP contribution is -2.40. The number of hydrogen-bond acceptors (Lipinski definition) is 7. The summed E-state index contributed by atoms with van der Waals surface area (Å²) in [5, 5.41) is 9.98. The number of furan rings is 1. The van der Waals surface area contributed by atoms with E-state index >= 15 is 0 Å². The normalized spacial score (nSPS) is 17.0. The van der Waals surface area contributed by atoms with E-state index in [4.69, 9.17) is 16.6 Å². The highest BCUT2D eigenvalue weighted by molar-refractivity contribution is 8.26. The quantitative estimate of drug-likeness (QED) is 0.216. The minimum atomic E-state index is -0.262. The number of carbonyl (C=O) groups is 1. The van der Waals surface area contributed by atoms with Crippen molar-refractivity contribution in [3.05, 3.63) is 92.0 Å². The van der Waals surface area contributed by atoms with Crippen molar-refractivity contribution in [1.29, 1.82) is 5.26 Å². The predicted octanol–water partition coefficient (Wildman–Crippen LogP) is 6.28. The van der Waals surface area contributed by atoms with E-state index in [0.29, 0.717) is 33.0 Å². The second-order valence-electron chi connectivity index (χ2n) is 10.6. The Labute approximate surface area is 250 Å². The van der Waals surface area contributed by atoms with Crippen molar-refractivity contribution in [2.24, 2.45) is 5.92 Å². The highest BCUT2D eigenvalue weighted by Crippen LogP contribution is 2.37. The molecule has 9 heteroatoms. The summed E-state index contributed by atoms with van der Waals surface area (Å²) < 4.78 is 7.67. The van der Waals surface area contributed by atoms with Gasteiger partial charge < -0.3 is 9.32 Å². The minimum absolute atomic E-state index is 0.126. The van der Waals surface area contributed by atoms with E-state index in [-0.39, 0.29) is 23.6 Å². The number of carbonyl (C=O) groups excluding carboxylic acids is 1. The number of nitriles is 1. The zero-order valence-corrected chi connectivity index (χ0v) is 25.1. The van der Waals surface area contributed by atoms with Crippen molar-refractivity contribution in [1.82, 2.24) is 9.47 Å². The summed E-state index contributed by atoms with van der Waals surface area (Å²) in [7, 11) is 0. The van der Waals surface area contributed by atoms with Gasteiger partial charge >= 0.3 is 0 Å². The van der Waals surface area contributed by atoms with Crippen LogP contribution >= 0.6 is 24.0 Å². The number of aromatic nitrogens is 1. The highest BCUT2D eigenvalue weighted by Gasteiger charge is 2.34. The maximum Gasteiger partial charge on any atom is 0.270 e. The summed E-state index contributed by atoms with van der Waals surface area (Å²) in [6, 6.07) is 16.3. The Hall–Kier alpha value is -3.61. The van der Waals surface area contributed by atoms with Gasteiger partial charge in [-0.2, -0.15) is 5.26 Å². The van der Waals surface area contributed by atoms with Crippen molar-refractivity contribution >= 4 is 46.1 Å². The molecule has 0 aliphatic carbocycles. The SMILES string of the molecule is CCCCn1c(N2CCC(Cc3ccccc3)CC2)c(C=C2SC(=S)N(Cc3ccco3)C2=O)c(C)c(C#N)c1=O. The third kappa shape index (κ3) is 6.19. The number of unbranched alkanes of at least 4 members (excludes halogenated alkanes) is 1. The Balaban J connectivity index is 1.51. The van der Waals surface area contributed by atoms with Crippen LogP contribution in [0.3, 0.4) is 0 Å². The first-order chi connectivity index (χ1) is 19.9. The van der Waals surface area contributed by atoms with Crippen molar-refractivity contribution in [3.8, 4) is 6.07 Å². The first-order valence-electron chi connectivity index (χ1n) is 14.1. The van der Waals surface area contributed by atoms with Crippen LogP contribution in [-0.4, -0.2) is 32.8 Å². The van der Waals surface area contributed by atoms with E-state index < -0.39 is 0 Å². The standard InChI is InChI=1S/C32H34N4O3S2/c1-3-4-14-35-29(34-15-12-24(13-16-34)18-23-9-6-5-7-10-23)26(22(2)27(20-33)30(35)37)19-28-31(38)36(32(40)41-28)21-25-11-8-17-39-25/h5-11,17,19,24H,3-4,12-16,18,21H2,1-2H3. The van der Waals surface area contributed by atoms with Crippen LogP contribution < -0.4 is 10.5 Å². The summed E-state index contributed by atoms with van der Waals surface area (Å²) in [6.07, 6.45) is 8.18. The zero-order chi connectivity index (χ0) is 28.9. The molecule has 2 aliphatic heterocycles. The van der Waals surface area contributed by atoms with Gasteiger partial charge in [-0.3, -0.25) is 19.1 Å². The van der Waals surface area contributed by atoms with Gasteiger partial charge in [-0.05, 0) is 67.9 Å². The fourth-order valence-electron chi connectivity index (χ4n) is 5.63. The van der Waals surface area contributed by atoms with E-state index in [9.17, 15) is 14.9 Å². The lowest BCUT2D eigenvalue weighted by Gasteiger charge is -2.36. The smallest absolute Gasteiger partial charge is 0.270 e. The third-order valence-corrected chi connectivity index (χ3v) is 9.28. The van der Waals surface area contributed by atoms with Gasteiger partial charge in [0.2, 0.25) is 0 Å². The van der Waals surface area contributed by atoms with Crippen LogP contribution in [0, 0.1) is 24.2 Å². The predicted molar refractivity (Wildman–Crippen MR) is 168 cm³/mol. The second-order valence-corrected chi connectivity index (χ2v) is 12.3. The summed E-state index contributed by atoms with van der Waals surface area (Å²) in [5.74, 6) is 1.81. The van der Waals surface area contributed by atoms with Crippen LogP contribution in [0.25, 0.3) is 6.08 Å². The molecule has 0 bridgehead atoms. The van der Waals surface area contributed by atoms with Gasteiger partial charge in [-0.25, -0.2) is 0 Å². The number of nitrogens with zero attached hydrogens (tertiary/aromatic N) is 4. The lowest BCUT2D eigenvalue weighted by atomic mass is 9.90. The molecule has 1 amide bonds. The number of thiocarbonyl (C=S) groups is 1. The van der Waals surface area contributed by atoms with Crippen LogP contribution in [0.4, 0.5) is 5.82 Å². The summed E-state index contributed by atoms with van der Waals surface area (Å²) >= 11 is 6.81. The van der Waals surface area contributed by atoms with Crippen LogP contribution in [0.5, 0.6) is 0 Å². The fourth-order valence-corrected chi connectivity index (χ4v) is 6.87. The number of amides is 1. The van der Waals surface area contributed by atoms with Crippen LogP contribution in [0.15, 0.2) is 62.8 Å². The Morgan fingerprint density at radius 1 is 1.15 bits per heavy atom. The molecule has 4 heterocycles. The molecule has 5 rings (SSSR count). The molecule has 0 radical (unpaired) electrons. The molecule has 7 nitrogen and oxygen atoms in total. The Kier molecular flexibility index (Phi) is 9.11. The molecule has 2 saturated heterocycles. The number of anilines is 1. The van der Waals surface area contributed by atoms with Gasteiger partial charge in [0, 0.05) is 25.2 Å². The van der Waals surface area contributed by atoms with E-state index in [1.807, 2.05) is 25.1 Å². The molecule has 0 atom stereocenters. The number of piperidine rings is 1. The van der Waals surface area contributed by atoms with Gasteiger partial charge in [0.05, 0.1) is 17.7 Å². The molecule has 1 aromatic carbocycles. The van der Waals surface area contributed by atoms with Gasteiger partial charge in [0.25, 0.3) is 11.5 Å². The number of thioether (sulfide) groups is 1. The second kappa shape index (κ2) is 12.9. The number of hydrogen-bond donors (Lipinski definition) is 0. The van der Waals surface area contributed by atoms with Crippen LogP contribution in [0.1, 0.15) is 60.6 Å².